The number of benzene rings is 1. The molecule has 1 fully saturated rings. The first-order valence-corrected chi connectivity index (χ1v) is 7.51. The Kier molecular flexibility index (Phi) is 3.85. The van der Waals surface area contributed by atoms with Gasteiger partial charge in [-0.1, -0.05) is 29.8 Å². The molecule has 1 aromatic rings. The lowest BCUT2D eigenvalue weighted by atomic mass is 9.69. The van der Waals surface area contributed by atoms with Crippen LogP contribution in [0.3, 0.4) is 0 Å². The molecule has 0 aliphatic heterocycles. The molecule has 17 heavy (non-hydrogen) atoms. The summed E-state index contributed by atoms with van der Waals surface area (Å²) >= 11 is 5.15. The van der Waals surface area contributed by atoms with Gasteiger partial charge >= 0.3 is 0 Å². The first kappa shape index (κ1) is 13.0. The van der Waals surface area contributed by atoms with E-state index >= 15 is 0 Å². The van der Waals surface area contributed by atoms with Crippen LogP contribution in [0.5, 0.6) is 0 Å². The topological polar surface area (TPSA) is 23.8 Å². The van der Waals surface area contributed by atoms with Gasteiger partial charge in [0.25, 0.3) is 0 Å². The van der Waals surface area contributed by atoms with Crippen molar-refractivity contribution in [3.05, 3.63) is 28.7 Å². The van der Waals surface area contributed by atoms with Crippen LogP contribution in [0.2, 0.25) is 0 Å². The molecule has 0 heterocycles. The molecule has 0 radical (unpaired) electrons. The maximum Gasteiger partial charge on any atom is 0.108 e. The Labute approximate surface area is 116 Å². The fraction of sp³-hybridized carbons (Fsp3) is 0.500. The molecular weight excluding hydrogens is 294 g/mol. The molecule has 0 unspecified atom stereocenters. The summed E-state index contributed by atoms with van der Waals surface area (Å²) < 4.78 is 0.907. The fourth-order valence-corrected chi connectivity index (χ4v) is 3.81. The average Bonchev–Trinajstić information content (AvgIpc) is 2.25. The van der Waals surface area contributed by atoms with Crippen LogP contribution in [0.4, 0.5) is 0 Å². The Morgan fingerprint density at radius 3 is 2.41 bits per heavy atom. The van der Waals surface area contributed by atoms with Gasteiger partial charge in [0, 0.05) is 9.37 Å². The van der Waals surface area contributed by atoms with Crippen molar-refractivity contribution in [2.24, 2.45) is 11.8 Å². The largest absolute Gasteiger partial charge is 0.197 e. The van der Waals surface area contributed by atoms with E-state index in [2.05, 4.69) is 48.0 Å². The van der Waals surface area contributed by atoms with Gasteiger partial charge in [-0.2, -0.15) is 5.26 Å². The second-order valence-corrected chi connectivity index (χ2v) is 7.45. The predicted octanol–water partition coefficient (Wildman–Crippen LogP) is 4.87. The lowest BCUT2D eigenvalue weighted by molar-refractivity contribution is 0.207. The van der Waals surface area contributed by atoms with Crippen molar-refractivity contribution < 1.29 is 0 Å². The minimum Gasteiger partial charge on any atom is -0.197 e. The van der Waals surface area contributed by atoms with Crippen LogP contribution in [0.1, 0.15) is 26.7 Å². The summed E-state index contributed by atoms with van der Waals surface area (Å²) in [7, 11) is 0. The van der Waals surface area contributed by atoms with Crippen LogP contribution in [0.25, 0.3) is 0 Å². The van der Waals surface area contributed by atoms with E-state index in [1.807, 2.05) is 12.1 Å². The molecule has 0 spiro atoms. The van der Waals surface area contributed by atoms with Gasteiger partial charge in [-0.25, -0.2) is 0 Å². The number of hydrogen-bond donors (Lipinski definition) is 0. The highest BCUT2D eigenvalue weighted by molar-refractivity contribution is 9.10. The number of rotatable bonds is 3. The predicted molar refractivity (Wildman–Crippen MR) is 75.9 cm³/mol. The summed E-state index contributed by atoms with van der Waals surface area (Å²) in [5, 5.41) is 9.37. The molecule has 1 saturated carbocycles. The number of halogens is 1. The van der Waals surface area contributed by atoms with Crippen molar-refractivity contribution in [1.29, 1.82) is 5.26 Å². The molecule has 1 aliphatic rings. The number of hydrogen-bond acceptors (Lipinski definition) is 2. The number of thioether (sulfide) groups is 1. The van der Waals surface area contributed by atoms with Gasteiger partial charge in [-0.15, -0.1) is 11.8 Å². The van der Waals surface area contributed by atoms with E-state index in [9.17, 15) is 5.26 Å². The molecule has 90 valence electrons. The van der Waals surface area contributed by atoms with Crippen molar-refractivity contribution in [3.63, 3.8) is 0 Å². The van der Waals surface area contributed by atoms with Gasteiger partial charge < -0.3 is 0 Å². The lowest BCUT2D eigenvalue weighted by Gasteiger charge is -2.44. The molecule has 0 amide bonds. The Bertz CT molecular complexity index is 427. The summed E-state index contributed by atoms with van der Waals surface area (Å²) in [5.74, 6) is 1.42. The van der Waals surface area contributed by atoms with Crippen LogP contribution in [0, 0.1) is 23.2 Å². The maximum absolute atomic E-state index is 9.37. The fourth-order valence-electron chi connectivity index (χ4n) is 2.18. The van der Waals surface area contributed by atoms with Crippen LogP contribution >= 0.6 is 27.7 Å². The van der Waals surface area contributed by atoms with E-state index in [1.165, 1.54) is 4.90 Å². The van der Waals surface area contributed by atoms with E-state index in [0.29, 0.717) is 5.92 Å². The summed E-state index contributed by atoms with van der Waals surface area (Å²) in [5.41, 5.74) is 0. The molecule has 1 aromatic carbocycles. The second kappa shape index (κ2) is 5.04. The standard InChI is InChI=1S/C14H16BrNS/c1-10(2)11-7-14(8-11,9-16)17-13-5-3-12(15)4-6-13/h3-6,10-11H,7-8H2,1-2H3. The smallest absolute Gasteiger partial charge is 0.108 e. The third kappa shape index (κ3) is 2.86. The van der Waals surface area contributed by atoms with Gasteiger partial charge in [-0.05, 0) is 48.9 Å². The lowest BCUT2D eigenvalue weighted by Crippen LogP contribution is -2.41. The van der Waals surface area contributed by atoms with E-state index in [4.69, 9.17) is 0 Å². The Balaban J connectivity index is 2.03. The summed E-state index contributed by atoms with van der Waals surface area (Å²) in [6, 6.07) is 10.7. The summed E-state index contributed by atoms with van der Waals surface area (Å²) in [4.78, 5) is 1.19. The third-order valence-electron chi connectivity index (χ3n) is 3.46. The maximum atomic E-state index is 9.37. The molecule has 3 heteroatoms. The molecular formula is C14H16BrNS. The van der Waals surface area contributed by atoms with E-state index in [1.54, 1.807) is 11.8 Å². The van der Waals surface area contributed by atoms with Crippen LogP contribution in [-0.4, -0.2) is 4.75 Å². The highest BCUT2D eigenvalue weighted by Crippen LogP contribution is 2.52. The second-order valence-electron chi connectivity index (χ2n) is 5.07. The normalized spacial score (nSPS) is 27.6. The van der Waals surface area contributed by atoms with Crippen molar-refractivity contribution in [2.45, 2.75) is 36.3 Å². The van der Waals surface area contributed by atoms with Crippen molar-refractivity contribution in [2.75, 3.05) is 0 Å². The van der Waals surface area contributed by atoms with Gasteiger partial charge in [-0.3, -0.25) is 0 Å². The van der Waals surface area contributed by atoms with Crippen LogP contribution < -0.4 is 0 Å². The van der Waals surface area contributed by atoms with Crippen molar-refractivity contribution in [1.82, 2.24) is 0 Å². The Morgan fingerprint density at radius 1 is 1.35 bits per heavy atom. The zero-order valence-corrected chi connectivity index (χ0v) is 12.5. The zero-order chi connectivity index (χ0) is 12.5. The molecule has 1 nitrogen and oxygen atoms in total. The van der Waals surface area contributed by atoms with Gasteiger partial charge in [0.15, 0.2) is 0 Å². The van der Waals surface area contributed by atoms with E-state index < -0.39 is 0 Å². The molecule has 2 rings (SSSR count). The first-order chi connectivity index (χ1) is 8.04. The molecule has 1 aliphatic carbocycles. The number of nitriles is 1. The van der Waals surface area contributed by atoms with Gasteiger partial charge in [0.2, 0.25) is 0 Å². The van der Waals surface area contributed by atoms with Gasteiger partial charge in [0.05, 0.1) is 6.07 Å². The van der Waals surface area contributed by atoms with Gasteiger partial charge in [0.1, 0.15) is 4.75 Å². The van der Waals surface area contributed by atoms with E-state index in [-0.39, 0.29) is 4.75 Å². The monoisotopic (exact) mass is 309 g/mol. The molecule has 0 bridgehead atoms. The molecule has 0 aromatic heterocycles. The first-order valence-electron chi connectivity index (χ1n) is 5.90. The average molecular weight is 310 g/mol. The quantitative estimate of drug-likeness (QED) is 0.795. The van der Waals surface area contributed by atoms with Crippen LogP contribution in [0.15, 0.2) is 33.6 Å². The molecule has 0 N–H and O–H groups in total. The Morgan fingerprint density at radius 2 is 1.94 bits per heavy atom. The van der Waals surface area contributed by atoms with Crippen molar-refractivity contribution >= 4 is 27.7 Å². The molecule has 0 atom stereocenters. The van der Waals surface area contributed by atoms with Crippen LogP contribution in [-0.2, 0) is 0 Å². The summed E-state index contributed by atoms with van der Waals surface area (Å²) in [6.45, 7) is 4.49. The number of nitrogens with zero attached hydrogens (tertiary/aromatic N) is 1. The minimum absolute atomic E-state index is 0.178. The van der Waals surface area contributed by atoms with Crippen molar-refractivity contribution in [3.8, 4) is 6.07 Å². The highest BCUT2D eigenvalue weighted by Gasteiger charge is 2.46. The highest BCUT2D eigenvalue weighted by atomic mass is 79.9. The zero-order valence-electron chi connectivity index (χ0n) is 10.1. The molecule has 0 saturated heterocycles. The third-order valence-corrected chi connectivity index (χ3v) is 5.31. The SMILES string of the molecule is CC(C)C1CC(C#N)(Sc2ccc(Br)cc2)C1. The van der Waals surface area contributed by atoms with E-state index in [0.717, 1.165) is 23.2 Å². The summed E-state index contributed by atoms with van der Waals surface area (Å²) in [6.07, 6.45) is 2.06. The Hall–Kier alpha value is -0.460. The minimum atomic E-state index is -0.178.